The summed E-state index contributed by atoms with van der Waals surface area (Å²) in [7, 11) is 2.13. The molecule has 0 bridgehead atoms. The number of aliphatic hydroxyl groups excluding tert-OH is 1. The number of aromatic nitrogens is 1. The fourth-order valence-electron chi connectivity index (χ4n) is 4.30. The zero-order valence-electron chi connectivity index (χ0n) is 16.6. The summed E-state index contributed by atoms with van der Waals surface area (Å²) in [6, 6.07) is 12.2. The summed E-state index contributed by atoms with van der Waals surface area (Å²) in [5.41, 5.74) is 1.96. The number of pyridine rings is 1. The van der Waals surface area contributed by atoms with Crippen LogP contribution in [0.4, 0.5) is 0 Å². The molecule has 0 radical (unpaired) electrons. The van der Waals surface area contributed by atoms with E-state index in [0.717, 1.165) is 49.2 Å². The van der Waals surface area contributed by atoms with Gasteiger partial charge in [-0.25, -0.2) is 0 Å². The number of carbonyl (C=O) groups is 1. The van der Waals surface area contributed by atoms with Crippen LogP contribution in [0.3, 0.4) is 0 Å². The molecule has 150 valence electrons. The molecular weight excluding hydrogens is 352 g/mol. The Bertz CT molecular complexity index is 827. The summed E-state index contributed by atoms with van der Waals surface area (Å²) in [5, 5.41) is 11.6. The molecule has 0 aliphatic carbocycles. The molecule has 4 rings (SSSR count). The highest BCUT2D eigenvalue weighted by Gasteiger charge is 2.34. The number of likely N-dealkylation sites (N-methyl/N-ethyl adjacent to an activating group) is 1. The van der Waals surface area contributed by atoms with Crippen molar-refractivity contribution >= 4 is 16.8 Å². The fraction of sp³-hybridized carbons (Fsp3) is 0.545. The van der Waals surface area contributed by atoms with Crippen LogP contribution in [0.5, 0.6) is 0 Å². The molecule has 0 unspecified atom stereocenters. The third-order valence-corrected chi connectivity index (χ3v) is 6.06. The van der Waals surface area contributed by atoms with Gasteiger partial charge in [0.2, 0.25) is 5.91 Å². The number of hydrogen-bond donors (Lipinski definition) is 1. The molecule has 6 heteroatoms. The van der Waals surface area contributed by atoms with Gasteiger partial charge in [0.15, 0.2) is 0 Å². The van der Waals surface area contributed by atoms with Gasteiger partial charge in [-0.1, -0.05) is 24.3 Å². The van der Waals surface area contributed by atoms with Gasteiger partial charge in [-0.3, -0.25) is 14.7 Å². The van der Waals surface area contributed by atoms with Gasteiger partial charge in [0.25, 0.3) is 0 Å². The average Bonchev–Trinajstić information content (AvgIpc) is 2.93. The number of likely N-dealkylation sites (tertiary alicyclic amines) is 1. The lowest BCUT2D eigenvalue weighted by molar-refractivity contribution is -0.131. The second-order valence-electron chi connectivity index (χ2n) is 8.26. The summed E-state index contributed by atoms with van der Waals surface area (Å²) in [6.45, 7) is 5.51. The van der Waals surface area contributed by atoms with E-state index in [1.165, 1.54) is 0 Å². The number of hydrogen-bond acceptors (Lipinski definition) is 5. The van der Waals surface area contributed by atoms with Gasteiger partial charge >= 0.3 is 0 Å². The van der Waals surface area contributed by atoms with Gasteiger partial charge in [0.05, 0.1) is 18.2 Å². The third kappa shape index (κ3) is 4.51. The summed E-state index contributed by atoms with van der Waals surface area (Å²) in [5.74, 6) is 0.186. The standard InChI is InChI=1S/C22H30N4O2/c1-24-9-4-10-25(12-11-24)16-22(28)26-14-18(21(27)15-26)13-19-8-7-17-5-2-3-6-20(17)23-19/h2-3,5-8,18,21,27H,4,9-16H2,1H3/t18-,21-/m1/s1. The van der Waals surface area contributed by atoms with Gasteiger partial charge in [0.1, 0.15) is 0 Å². The minimum Gasteiger partial charge on any atom is -0.391 e. The minimum absolute atomic E-state index is 0.0490. The van der Waals surface area contributed by atoms with E-state index in [2.05, 4.69) is 29.0 Å². The van der Waals surface area contributed by atoms with Crippen molar-refractivity contribution in [2.75, 3.05) is 52.9 Å². The molecule has 6 nitrogen and oxygen atoms in total. The molecule has 2 atom stereocenters. The first kappa shape index (κ1) is 19.3. The quantitative estimate of drug-likeness (QED) is 0.862. The van der Waals surface area contributed by atoms with Gasteiger partial charge < -0.3 is 14.9 Å². The first-order chi connectivity index (χ1) is 13.6. The number of nitrogens with zero attached hydrogens (tertiary/aromatic N) is 4. The van der Waals surface area contributed by atoms with Crippen LogP contribution in [0.25, 0.3) is 10.9 Å². The van der Waals surface area contributed by atoms with Crippen LogP contribution >= 0.6 is 0 Å². The van der Waals surface area contributed by atoms with E-state index < -0.39 is 6.10 Å². The largest absolute Gasteiger partial charge is 0.391 e. The lowest BCUT2D eigenvalue weighted by Crippen LogP contribution is -2.41. The molecule has 2 aromatic rings. The van der Waals surface area contributed by atoms with Crippen molar-refractivity contribution in [2.45, 2.75) is 18.9 Å². The number of para-hydroxylation sites is 1. The van der Waals surface area contributed by atoms with Crippen molar-refractivity contribution < 1.29 is 9.90 Å². The van der Waals surface area contributed by atoms with Crippen LogP contribution in [0, 0.1) is 5.92 Å². The van der Waals surface area contributed by atoms with E-state index in [4.69, 9.17) is 4.98 Å². The van der Waals surface area contributed by atoms with Crippen molar-refractivity contribution in [3.63, 3.8) is 0 Å². The summed E-state index contributed by atoms with van der Waals surface area (Å²) in [4.78, 5) is 23.9. The molecule has 2 fully saturated rings. The Morgan fingerprint density at radius 1 is 1.11 bits per heavy atom. The van der Waals surface area contributed by atoms with Crippen LogP contribution < -0.4 is 0 Å². The molecule has 1 aromatic heterocycles. The Balaban J connectivity index is 1.35. The van der Waals surface area contributed by atoms with Crippen LogP contribution in [0.2, 0.25) is 0 Å². The molecule has 2 saturated heterocycles. The Morgan fingerprint density at radius 3 is 2.86 bits per heavy atom. The van der Waals surface area contributed by atoms with Gasteiger partial charge in [-0.2, -0.15) is 0 Å². The lowest BCUT2D eigenvalue weighted by Gasteiger charge is -2.23. The number of carbonyl (C=O) groups excluding carboxylic acids is 1. The Morgan fingerprint density at radius 2 is 1.96 bits per heavy atom. The van der Waals surface area contributed by atoms with E-state index in [1.807, 2.05) is 29.2 Å². The highest BCUT2D eigenvalue weighted by Crippen LogP contribution is 2.22. The smallest absolute Gasteiger partial charge is 0.236 e. The average molecular weight is 383 g/mol. The topological polar surface area (TPSA) is 59.9 Å². The monoisotopic (exact) mass is 382 g/mol. The van der Waals surface area contributed by atoms with Crippen LogP contribution in [-0.4, -0.2) is 89.7 Å². The summed E-state index contributed by atoms with van der Waals surface area (Å²) in [6.07, 6.45) is 1.32. The second-order valence-corrected chi connectivity index (χ2v) is 8.26. The van der Waals surface area contributed by atoms with Crippen molar-refractivity contribution in [2.24, 2.45) is 5.92 Å². The van der Waals surface area contributed by atoms with Crippen molar-refractivity contribution in [1.82, 2.24) is 19.7 Å². The number of fused-ring (bicyclic) bond motifs is 1. The Kier molecular flexibility index (Phi) is 5.90. The van der Waals surface area contributed by atoms with Gasteiger partial charge in [-0.15, -0.1) is 0 Å². The summed E-state index contributed by atoms with van der Waals surface area (Å²) < 4.78 is 0. The normalized spacial score (nSPS) is 24.6. The van der Waals surface area contributed by atoms with E-state index >= 15 is 0 Å². The maximum Gasteiger partial charge on any atom is 0.236 e. The molecule has 3 heterocycles. The maximum absolute atomic E-state index is 12.8. The fourth-order valence-corrected chi connectivity index (χ4v) is 4.30. The zero-order chi connectivity index (χ0) is 19.5. The molecule has 1 aromatic carbocycles. The van der Waals surface area contributed by atoms with E-state index in [9.17, 15) is 9.90 Å². The van der Waals surface area contributed by atoms with Crippen LogP contribution in [0.1, 0.15) is 12.1 Å². The number of rotatable bonds is 4. The molecule has 1 amide bonds. The van der Waals surface area contributed by atoms with Gasteiger partial charge in [0, 0.05) is 43.2 Å². The molecule has 2 aliphatic heterocycles. The van der Waals surface area contributed by atoms with Crippen molar-refractivity contribution in [1.29, 1.82) is 0 Å². The zero-order valence-corrected chi connectivity index (χ0v) is 16.6. The van der Waals surface area contributed by atoms with E-state index in [1.54, 1.807) is 0 Å². The second kappa shape index (κ2) is 8.55. The number of aliphatic hydroxyl groups is 1. The van der Waals surface area contributed by atoms with Crippen molar-refractivity contribution in [3.05, 3.63) is 42.1 Å². The number of β-amino-alcohol motifs (C(OH)–C–C–N with tert-alkyl or cyclic N) is 1. The predicted molar refractivity (Wildman–Crippen MR) is 110 cm³/mol. The SMILES string of the molecule is CN1CCCN(CC(=O)N2C[C@@H](Cc3ccc4ccccc4n3)[C@H](O)C2)CC1. The molecule has 0 spiro atoms. The Labute approximate surface area is 166 Å². The van der Waals surface area contributed by atoms with Crippen LogP contribution in [-0.2, 0) is 11.2 Å². The van der Waals surface area contributed by atoms with Gasteiger partial charge in [-0.05, 0) is 45.1 Å². The minimum atomic E-state index is -0.479. The van der Waals surface area contributed by atoms with Crippen LogP contribution in [0.15, 0.2) is 36.4 Å². The number of benzene rings is 1. The first-order valence-corrected chi connectivity index (χ1v) is 10.3. The van der Waals surface area contributed by atoms with E-state index in [-0.39, 0.29) is 11.8 Å². The predicted octanol–water partition coefficient (Wildman–Crippen LogP) is 1.23. The highest BCUT2D eigenvalue weighted by atomic mass is 16.3. The Hall–Kier alpha value is -2.02. The van der Waals surface area contributed by atoms with E-state index in [0.29, 0.717) is 26.1 Å². The number of amides is 1. The lowest BCUT2D eigenvalue weighted by atomic mass is 9.99. The maximum atomic E-state index is 12.8. The molecule has 1 N–H and O–H groups in total. The molecular formula is C22H30N4O2. The third-order valence-electron chi connectivity index (χ3n) is 6.06. The first-order valence-electron chi connectivity index (χ1n) is 10.3. The summed E-state index contributed by atoms with van der Waals surface area (Å²) >= 11 is 0. The highest BCUT2D eigenvalue weighted by molar-refractivity contribution is 5.79. The molecule has 2 aliphatic rings. The molecule has 0 saturated carbocycles. The van der Waals surface area contributed by atoms with Crippen molar-refractivity contribution in [3.8, 4) is 0 Å². The molecule has 28 heavy (non-hydrogen) atoms.